The van der Waals surface area contributed by atoms with Gasteiger partial charge in [-0.05, 0) is 0 Å². The number of hydrogen-bond donors (Lipinski definition) is 8. The number of ether oxygens (including phenoxy) is 3. The summed E-state index contributed by atoms with van der Waals surface area (Å²) in [5, 5.41) is 76.3. The third-order valence-corrected chi connectivity index (χ3v) is 4.13. The van der Waals surface area contributed by atoms with E-state index in [4.69, 9.17) is 24.6 Å². The van der Waals surface area contributed by atoms with Gasteiger partial charge in [0.25, 0.3) is 0 Å². The lowest BCUT2D eigenvalue weighted by Gasteiger charge is -2.43. The molecule has 2 rings (SSSR count). The highest BCUT2D eigenvalue weighted by atomic mass is 17.1. The first-order valence-corrected chi connectivity index (χ1v) is 7.20. The zero-order valence-electron chi connectivity index (χ0n) is 13.0. The summed E-state index contributed by atoms with van der Waals surface area (Å²) < 4.78 is 15.5. The Hall–Kier alpha value is -0.520. The quantitative estimate of drug-likeness (QED) is 0.160. The van der Waals surface area contributed by atoms with Gasteiger partial charge in [-0.1, -0.05) is 0 Å². The van der Waals surface area contributed by atoms with Gasteiger partial charge in [0.1, 0.15) is 55.9 Å². The highest BCUT2D eigenvalue weighted by molar-refractivity contribution is 4.98. The molecule has 2 heterocycles. The molecule has 0 aromatic carbocycles. The monoisotopic (exact) mass is 376 g/mol. The molecule has 0 unspecified atom stereocenters. The van der Waals surface area contributed by atoms with Gasteiger partial charge in [-0.15, -0.1) is 0 Å². The number of aliphatic hydroxyl groups excluding tert-OH is 7. The topological polar surface area (TPSA) is 230 Å². The van der Waals surface area contributed by atoms with Crippen molar-refractivity contribution in [2.24, 2.45) is 0 Å². The van der Waals surface area contributed by atoms with Crippen LogP contribution in [0.1, 0.15) is 0 Å². The number of rotatable bonds is 6. The van der Waals surface area contributed by atoms with Crippen LogP contribution in [0.4, 0.5) is 0 Å². The van der Waals surface area contributed by atoms with Crippen LogP contribution in [0, 0.1) is 0 Å². The first-order chi connectivity index (χ1) is 11.3. The molecule has 2 fully saturated rings. The standard InChI is InChI=1S/C12H22O12.H2O/c13-1-4-7(16)10(19)12(3-14,23-4)24-11-9(18)8(17)6(15)5(22-11)2-21-20;/h4-11,13-20H,1-3H2;1H2/t4-,5-,6-,7-,8+,9-,10+,11-,12+;/m1./s1. The molecule has 2 aliphatic heterocycles. The lowest BCUT2D eigenvalue weighted by molar-refractivity contribution is -0.391. The van der Waals surface area contributed by atoms with Crippen molar-refractivity contribution in [3.63, 3.8) is 0 Å². The molecule has 13 heteroatoms. The average molecular weight is 376 g/mol. The molecule has 2 saturated heterocycles. The predicted octanol–water partition coefficient (Wildman–Crippen LogP) is -5.72. The summed E-state index contributed by atoms with van der Waals surface area (Å²) in [5.41, 5.74) is 0. The van der Waals surface area contributed by atoms with Crippen molar-refractivity contribution in [1.82, 2.24) is 0 Å². The van der Waals surface area contributed by atoms with Crippen molar-refractivity contribution < 1.29 is 65.6 Å². The van der Waals surface area contributed by atoms with Gasteiger partial charge < -0.3 is 55.4 Å². The Morgan fingerprint density at radius 1 is 0.880 bits per heavy atom. The maximum atomic E-state index is 10.0. The second-order valence-electron chi connectivity index (χ2n) is 5.67. The average Bonchev–Trinajstić information content (AvgIpc) is 2.82. The maximum Gasteiger partial charge on any atom is 0.224 e. The van der Waals surface area contributed by atoms with Crippen LogP contribution in [-0.4, -0.2) is 121 Å². The third kappa shape index (κ3) is 4.09. The second kappa shape index (κ2) is 8.92. The molecule has 13 nitrogen and oxygen atoms in total. The fraction of sp³-hybridized carbons (Fsp3) is 1.00. The smallest absolute Gasteiger partial charge is 0.224 e. The van der Waals surface area contributed by atoms with Crippen molar-refractivity contribution >= 4 is 0 Å². The van der Waals surface area contributed by atoms with E-state index in [0.717, 1.165) is 0 Å². The molecule has 9 atom stereocenters. The van der Waals surface area contributed by atoms with Crippen molar-refractivity contribution in [1.29, 1.82) is 0 Å². The van der Waals surface area contributed by atoms with Gasteiger partial charge in [-0.2, -0.15) is 0 Å². The van der Waals surface area contributed by atoms with Gasteiger partial charge in [-0.3, -0.25) is 5.26 Å². The van der Waals surface area contributed by atoms with E-state index in [1.54, 1.807) is 0 Å². The van der Waals surface area contributed by atoms with E-state index in [1.165, 1.54) is 0 Å². The third-order valence-electron chi connectivity index (χ3n) is 4.13. The van der Waals surface area contributed by atoms with E-state index in [-0.39, 0.29) is 5.48 Å². The summed E-state index contributed by atoms with van der Waals surface area (Å²) in [6, 6.07) is 0. The number of hydrogen-bond acceptors (Lipinski definition) is 12. The van der Waals surface area contributed by atoms with Crippen LogP contribution in [0.5, 0.6) is 0 Å². The van der Waals surface area contributed by atoms with Crippen LogP contribution in [0.25, 0.3) is 0 Å². The molecule has 0 bridgehead atoms. The Labute approximate surface area is 141 Å². The van der Waals surface area contributed by atoms with Crippen LogP contribution in [0.15, 0.2) is 0 Å². The minimum Gasteiger partial charge on any atom is -0.412 e. The Balaban J connectivity index is 0.00000312. The Kier molecular flexibility index (Phi) is 8.03. The van der Waals surface area contributed by atoms with E-state index in [9.17, 15) is 30.6 Å². The second-order valence-corrected chi connectivity index (χ2v) is 5.67. The van der Waals surface area contributed by atoms with E-state index < -0.39 is 74.6 Å². The summed E-state index contributed by atoms with van der Waals surface area (Å²) in [6.45, 7) is -2.23. The van der Waals surface area contributed by atoms with E-state index in [2.05, 4.69) is 4.89 Å². The van der Waals surface area contributed by atoms with Crippen molar-refractivity contribution in [2.45, 2.75) is 54.8 Å². The zero-order valence-corrected chi connectivity index (χ0v) is 13.0. The molecule has 0 aromatic heterocycles. The first-order valence-electron chi connectivity index (χ1n) is 7.20. The SMILES string of the molecule is O.OC[C@H]1O[C@@](CO)(O[C@H]2O[C@H](COO)[C@@H](O)[C@H](O)[C@H]2O)[C@@H](O)[C@@H]1O. The van der Waals surface area contributed by atoms with Crippen molar-refractivity contribution in [3.8, 4) is 0 Å². The molecule has 0 amide bonds. The summed E-state index contributed by atoms with van der Waals surface area (Å²) in [4.78, 5) is 3.84. The summed E-state index contributed by atoms with van der Waals surface area (Å²) in [6.07, 6.45) is -12.8. The largest absolute Gasteiger partial charge is 0.412 e. The minimum absolute atomic E-state index is 0. The fourth-order valence-electron chi connectivity index (χ4n) is 2.69. The summed E-state index contributed by atoms with van der Waals surface area (Å²) >= 11 is 0. The lowest BCUT2D eigenvalue weighted by Crippen LogP contribution is -2.62. The fourth-order valence-corrected chi connectivity index (χ4v) is 2.69. The summed E-state index contributed by atoms with van der Waals surface area (Å²) in [7, 11) is 0. The Bertz CT molecular complexity index is 410. The van der Waals surface area contributed by atoms with Crippen LogP contribution in [0.3, 0.4) is 0 Å². The normalized spacial score (nSPS) is 47.5. The van der Waals surface area contributed by atoms with Crippen LogP contribution >= 0.6 is 0 Å². The zero-order chi connectivity index (χ0) is 18.1. The molecular formula is C12H24O13. The van der Waals surface area contributed by atoms with E-state index >= 15 is 0 Å². The van der Waals surface area contributed by atoms with Crippen molar-refractivity contribution in [3.05, 3.63) is 0 Å². The Morgan fingerprint density at radius 2 is 1.52 bits per heavy atom. The van der Waals surface area contributed by atoms with E-state index in [0.29, 0.717) is 0 Å². The molecule has 2 aliphatic rings. The molecule has 0 aliphatic carbocycles. The molecular weight excluding hydrogens is 352 g/mol. The first kappa shape index (κ1) is 22.5. The minimum atomic E-state index is -2.24. The van der Waals surface area contributed by atoms with Crippen LogP contribution < -0.4 is 0 Å². The molecule has 0 radical (unpaired) electrons. The highest BCUT2D eigenvalue weighted by Crippen LogP contribution is 2.35. The van der Waals surface area contributed by atoms with Crippen LogP contribution in [-0.2, 0) is 19.1 Å². The Morgan fingerprint density at radius 3 is 2.00 bits per heavy atom. The van der Waals surface area contributed by atoms with Gasteiger partial charge in [-0.25, -0.2) is 4.89 Å². The molecule has 0 saturated carbocycles. The molecule has 25 heavy (non-hydrogen) atoms. The van der Waals surface area contributed by atoms with Gasteiger partial charge in [0.05, 0.1) is 6.61 Å². The molecule has 0 spiro atoms. The molecule has 10 N–H and O–H groups in total. The van der Waals surface area contributed by atoms with Gasteiger partial charge in [0.15, 0.2) is 6.29 Å². The van der Waals surface area contributed by atoms with Gasteiger partial charge in [0.2, 0.25) is 5.79 Å². The highest BCUT2D eigenvalue weighted by Gasteiger charge is 2.58. The molecule has 0 aromatic rings. The number of aliphatic hydroxyl groups is 7. The molecule has 150 valence electrons. The van der Waals surface area contributed by atoms with Gasteiger partial charge in [0, 0.05) is 0 Å². The van der Waals surface area contributed by atoms with Gasteiger partial charge >= 0.3 is 0 Å². The maximum absolute atomic E-state index is 10.0. The predicted molar refractivity (Wildman–Crippen MR) is 73.8 cm³/mol. The summed E-state index contributed by atoms with van der Waals surface area (Å²) in [5.74, 6) is -2.24. The van der Waals surface area contributed by atoms with Crippen LogP contribution in [0.2, 0.25) is 0 Å². The lowest BCUT2D eigenvalue weighted by atomic mass is 9.99. The van der Waals surface area contributed by atoms with E-state index in [1.807, 2.05) is 0 Å². The van der Waals surface area contributed by atoms with Crippen molar-refractivity contribution in [2.75, 3.05) is 19.8 Å².